The first-order chi connectivity index (χ1) is 10.2. The number of rotatable bonds is 4. The van der Waals surface area contributed by atoms with Gasteiger partial charge in [-0.2, -0.15) is 0 Å². The third-order valence-corrected chi connectivity index (χ3v) is 6.21. The molecule has 0 saturated heterocycles. The molecule has 2 aromatic carbocycles. The van der Waals surface area contributed by atoms with Crippen LogP contribution in [0, 0.1) is 0 Å². The maximum atomic E-state index is 12.1. The highest BCUT2D eigenvalue weighted by molar-refractivity contribution is 7.92. The van der Waals surface area contributed by atoms with Crippen LogP contribution in [0.3, 0.4) is 0 Å². The van der Waals surface area contributed by atoms with Gasteiger partial charge in [-0.3, -0.25) is 4.79 Å². The Morgan fingerprint density at radius 2 is 1.68 bits per heavy atom. The number of carbonyl (C=O) groups is 1. The van der Waals surface area contributed by atoms with Gasteiger partial charge >= 0.3 is 0 Å². The fraction of sp³-hybridized carbons (Fsp3) is 0.353. The maximum Gasteiger partial charge on any atom is 0.251 e. The lowest BCUT2D eigenvalue weighted by molar-refractivity contribution is 0.0956. The Morgan fingerprint density at radius 3 is 2.32 bits per heavy atom. The monoisotopic (exact) mass is 319 g/mol. The zero-order valence-electron chi connectivity index (χ0n) is 13.1. The lowest BCUT2D eigenvalue weighted by Gasteiger charge is -2.19. The van der Waals surface area contributed by atoms with Crippen molar-refractivity contribution in [2.75, 3.05) is 12.3 Å². The summed E-state index contributed by atoms with van der Waals surface area (Å²) in [6, 6.07) is 13.2. The highest BCUT2D eigenvalue weighted by Crippen LogP contribution is 2.16. The summed E-state index contributed by atoms with van der Waals surface area (Å²) in [7, 11) is -3.22. The van der Waals surface area contributed by atoms with Crippen molar-refractivity contribution in [2.45, 2.75) is 25.5 Å². The molecule has 4 nitrogen and oxygen atoms in total. The van der Waals surface area contributed by atoms with Crippen molar-refractivity contribution in [1.82, 2.24) is 5.32 Å². The number of nitrogens with one attached hydrogen (secondary N) is 1. The SMILES string of the molecule is CC(C)(C)S(=O)(=O)CCNC(=O)c1ccc2ccccc2c1. The van der Waals surface area contributed by atoms with Crippen LogP contribution in [0.4, 0.5) is 0 Å². The predicted molar refractivity (Wildman–Crippen MR) is 89.8 cm³/mol. The number of hydrogen-bond acceptors (Lipinski definition) is 3. The number of benzene rings is 2. The molecule has 0 fully saturated rings. The van der Waals surface area contributed by atoms with E-state index >= 15 is 0 Å². The van der Waals surface area contributed by atoms with Gasteiger partial charge in [0.2, 0.25) is 0 Å². The molecule has 118 valence electrons. The minimum atomic E-state index is -3.22. The molecule has 22 heavy (non-hydrogen) atoms. The molecule has 1 N–H and O–H groups in total. The van der Waals surface area contributed by atoms with Crippen molar-refractivity contribution < 1.29 is 13.2 Å². The second-order valence-corrected chi connectivity index (χ2v) is 9.11. The minimum Gasteiger partial charge on any atom is -0.351 e. The van der Waals surface area contributed by atoms with E-state index in [0.717, 1.165) is 10.8 Å². The lowest BCUT2D eigenvalue weighted by Crippen LogP contribution is -2.36. The topological polar surface area (TPSA) is 63.2 Å². The first kappa shape index (κ1) is 16.5. The van der Waals surface area contributed by atoms with Gasteiger partial charge in [0.05, 0.1) is 10.5 Å². The number of hydrogen-bond donors (Lipinski definition) is 1. The lowest BCUT2D eigenvalue weighted by atomic mass is 10.1. The third kappa shape index (κ3) is 3.65. The number of fused-ring (bicyclic) bond motifs is 1. The smallest absolute Gasteiger partial charge is 0.251 e. The molecule has 0 aliphatic heterocycles. The molecule has 0 saturated carbocycles. The predicted octanol–water partition coefficient (Wildman–Crippen LogP) is 2.78. The highest BCUT2D eigenvalue weighted by Gasteiger charge is 2.28. The molecule has 2 aromatic rings. The van der Waals surface area contributed by atoms with Crippen LogP contribution in [0.5, 0.6) is 0 Å². The summed E-state index contributed by atoms with van der Waals surface area (Å²) in [5.74, 6) is -0.314. The number of carbonyl (C=O) groups excluding carboxylic acids is 1. The zero-order valence-corrected chi connectivity index (χ0v) is 13.9. The van der Waals surface area contributed by atoms with Crippen molar-refractivity contribution in [3.05, 3.63) is 48.0 Å². The highest BCUT2D eigenvalue weighted by atomic mass is 32.2. The molecular weight excluding hydrogens is 298 g/mol. The summed E-state index contributed by atoms with van der Waals surface area (Å²) < 4.78 is 23.2. The standard InChI is InChI=1S/C17H21NO3S/c1-17(2,3)22(20,21)11-10-18-16(19)15-9-8-13-6-4-5-7-14(13)12-15/h4-9,12H,10-11H2,1-3H3,(H,18,19). The van der Waals surface area contributed by atoms with Crippen LogP contribution in [0.1, 0.15) is 31.1 Å². The van der Waals surface area contributed by atoms with E-state index in [4.69, 9.17) is 0 Å². The Labute approximate surface area is 131 Å². The molecule has 0 heterocycles. The Kier molecular flexibility index (Phi) is 4.56. The van der Waals surface area contributed by atoms with Gasteiger partial charge < -0.3 is 5.32 Å². The Morgan fingerprint density at radius 1 is 1.05 bits per heavy atom. The van der Waals surface area contributed by atoms with Gasteiger partial charge in [-0.1, -0.05) is 30.3 Å². The van der Waals surface area contributed by atoms with Crippen molar-refractivity contribution in [3.63, 3.8) is 0 Å². The summed E-state index contributed by atoms with van der Waals surface area (Å²) in [5.41, 5.74) is 0.534. The average molecular weight is 319 g/mol. The van der Waals surface area contributed by atoms with E-state index in [1.807, 2.05) is 36.4 Å². The minimum absolute atomic E-state index is 0.0597. The summed E-state index contributed by atoms with van der Waals surface area (Å²) >= 11 is 0. The van der Waals surface area contributed by atoms with Crippen molar-refractivity contribution >= 4 is 26.5 Å². The van der Waals surface area contributed by atoms with Gasteiger partial charge in [0.25, 0.3) is 5.91 Å². The van der Waals surface area contributed by atoms with Crippen molar-refractivity contribution in [1.29, 1.82) is 0 Å². The molecule has 0 radical (unpaired) electrons. The quantitative estimate of drug-likeness (QED) is 0.942. The van der Waals surface area contributed by atoms with Crippen LogP contribution in [0.2, 0.25) is 0 Å². The molecule has 0 aliphatic rings. The first-order valence-corrected chi connectivity index (χ1v) is 8.85. The largest absolute Gasteiger partial charge is 0.351 e. The van der Waals surface area contributed by atoms with E-state index in [0.29, 0.717) is 5.56 Å². The summed E-state index contributed by atoms with van der Waals surface area (Å²) in [6.07, 6.45) is 0. The summed E-state index contributed by atoms with van der Waals surface area (Å²) in [5, 5.41) is 4.72. The van der Waals surface area contributed by atoms with Crippen LogP contribution in [-0.2, 0) is 9.84 Å². The molecule has 0 bridgehead atoms. The van der Waals surface area contributed by atoms with Gasteiger partial charge in [0, 0.05) is 12.1 Å². The Bertz CT molecular complexity index is 789. The fourth-order valence-corrected chi connectivity index (χ4v) is 3.02. The average Bonchev–Trinajstić information content (AvgIpc) is 2.45. The molecule has 0 aromatic heterocycles. The molecule has 0 spiro atoms. The van der Waals surface area contributed by atoms with E-state index in [-0.39, 0.29) is 18.2 Å². The van der Waals surface area contributed by atoms with E-state index in [9.17, 15) is 13.2 Å². The molecule has 0 atom stereocenters. The van der Waals surface area contributed by atoms with Crippen LogP contribution in [0.25, 0.3) is 10.8 Å². The number of amides is 1. The number of sulfone groups is 1. The molecule has 0 unspecified atom stereocenters. The van der Waals surface area contributed by atoms with Crippen molar-refractivity contribution in [2.24, 2.45) is 0 Å². The molecule has 2 rings (SSSR count). The van der Waals surface area contributed by atoms with Crippen molar-refractivity contribution in [3.8, 4) is 0 Å². The van der Waals surface area contributed by atoms with E-state index in [1.54, 1.807) is 26.8 Å². The van der Waals surface area contributed by atoms with E-state index in [1.165, 1.54) is 0 Å². The molecule has 1 amide bonds. The molecule has 5 heteroatoms. The Balaban J connectivity index is 2.03. The third-order valence-electron chi connectivity index (χ3n) is 3.60. The first-order valence-electron chi connectivity index (χ1n) is 7.20. The van der Waals surface area contributed by atoms with Gasteiger partial charge in [-0.25, -0.2) is 8.42 Å². The second-order valence-electron chi connectivity index (χ2n) is 6.25. The van der Waals surface area contributed by atoms with Crippen LogP contribution in [0.15, 0.2) is 42.5 Å². The molecular formula is C17H21NO3S. The van der Waals surface area contributed by atoms with Gasteiger partial charge in [-0.05, 0) is 43.7 Å². The van der Waals surface area contributed by atoms with E-state index in [2.05, 4.69) is 5.32 Å². The molecule has 0 aliphatic carbocycles. The van der Waals surface area contributed by atoms with Gasteiger partial charge in [0.15, 0.2) is 9.84 Å². The summed E-state index contributed by atoms with van der Waals surface area (Å²) in [4.78, 5) is 12.1. The Hall–Kier alpha value is -1.88. The van der Waals surface area contributed by atoms with E-state index < -0.39 is 14.6 Å². The zero-order chi connectivity index (χ0) is 16.4. The second kappa shape index (κ2) is 6.08. The van der Waals surface area contributed by atoms with Crippen LogP contribution in [-0.4, -0.2) is 31.4 Å². The van der Waals surface area contributed by atoms with Crippen LogP contribution < -0.4 is 5.32 Å². The van der Waals surface area contributed by atoms with Gasteiger partial charge in [-0.15, -0.1) is 0 Å². The maximum absolute atomic E-state index is 12.1. The van der Waals surface area contributed by atoms with Crippen LogP contribution >= 0.6 is 0 Å². The van der Waals surface area contributed by atoms with Gasteiger partial charge in [0.1, 0.15) is 0 Å². The fourth-order valence-electron chi connectivity index (χ4n) is 2.04. The summed E-state index contributed by atoms with van der Waals surface area (Å²) in [6.45, 7) is 5.10. The normalized spacial score (nSPS) is 12.3.